The Kier molecular flexibility index (Phi) is 4.69. The topological polar surface area (TPSA) is 0 Å². The van der Waals surface area contributed by atoms with Crippen LogP contribution in [0.1, 0.15) is 15.3 Å². The lowest BCUT2D eigenvalue weighted by Crippen LogP contribution is -1.95. The monoisotopic (exact) mass is 460 g/mol. The van der Waals surface area contributed by atoms with Crippen LogP contribution in [0.2, 0.25) is 5.02 Å². The Hall–Kier alpha value is 0.580. The molecule has 0 nitrogen and oxygen atoms in total. The van der Waals surface area contributed by atoms with E-state index in [9.17, 15) is 4.39 Å². The zero-order chi connectivity index (χ0) is 12.6. The first-order valence-electron chi connectivity index (χ1n) is 4.53. The number of alkyl halides is 1. The van der Waals surface area contributed by atoms with Crippen molar-refractivity contribution in [3.63, 3.8) is 0 Å². The first-order valence-corrected chi connectivity index (χ1v) is 8.23. The van der Waals surface area contributed by atoms with Crippen molar-refractivity contribution in [2.45, 2.75) is 4.83 Å². The molecule has 0 saturated carbocycles. The van der Waals surface area contributed by atoms with E-state index < -0.39 is 0 Å². The van der Waals surface area contributed by atoms with Crippen LogP contribution in [-0.2, 0) is 0 Å². The molecule has 2 aromatic rings. The summed E-state index contributed by atoms with van der Waals surface area (Å²) in [6, 6.07) is 6.64. The molecule has 0 aliphatic heterocycles. The van der Waals surface area contributed by atoms with Gasteiger partial charge < -0.3 is 0 Å². The Morgan fingerprint density at radius 3 is 2.53 bits per heavy atom. The Balaban J connectivity index is 2.47. The van der Waals surface area contributed by atoms with Gasteiger partial charge in [-0.3, -0.25) is 0 Å². The minimum atomic E-state index is -0.306. The van der Waals surface area contributed by atoms with Crippen LogP contribution in [0.25, 0.3) is 0 Å². The molecule has 6 heteroatoms. The average molecular weight is 463 g/mol. The second kappa shape index (κ2) is 5.70. The van der Waals surface area contributed by atoms with Gasteiger partial charge in [-0.1, -0.05) is 33.6 Å². The minimum Gasteiger partial charge on any atom is -0.207 e. The lowest BCUT2D eigenvalue weighted by molar-refractivity contribution is 0.614. The summed E-state index contributed by atoms with van der Waals surface area (Å²) < 4.78 is 15.7. The van der Waals surface area contributed by atoms with Gasteiger partial charge in [-0.15, -0.1) is 11.3 Å². The van der Waals surface area contributed by atoms with Crippen LogP contribution in [0.5, 0.6) is 0 Å². The number of thiophene rings is 1. The van der Waals surface area contributed by atoms with Gasteiger partial charge in [0.2, 0.25) is 0 Å². The Morgan fingerprint density at radius 1 is 1.29 bits per heavy atom. The molecule has 1 heterocycles. The Morgan fingerprint density at radius 2 is 2.00 bits per heavy atom. The molecule has 1 aromatic heterocycles. The summed E-state index contributed by atoms with van der Waals surface area (Å²) in [5, 5.41) is 0.424. The molecule has 0 amide bonds. The van der Waals surface area contributed by atoms with Crippen molar-refractivity contribution in [1.29, 1.82) is 0 Å². The maximum Gasteiger partial charge on any atom is 0.129 e. The molecule has 0 N–H and O–H groups in total. The second-order valence-electron chi connectivity index (χ2n) is 3.27. The fraction of sp³-hybridized carbons (Fsp3) is 0.0909. The van der Waals surface area contributed by atoms with Crippen molar-refractivity contribution in [3.05, 3.63) is 53.8 Å². The fourth-order valence-corrected chi connectivity index (χ4v) is 4.74. The zero-order valence-electron chi connectivity index (χ0n) is 8.18. The Labute approximate surface area is 133 Å². The normalized spacial score (nSPS) is 12.8. The van der Waals surface area contributed by atoms with E-state index in [-0.39, 0.29) is 10.6 Å². The average Bonchev–Trinajstić information content (AvgIpc) is 2.59. The lowest BCUT2D eigenvalue weighted by atomic mass is 10.1. The molecule has 17 heavy (non-hydrogen) atoms. The maximum absolute atomic E-state index is 13.8. The van der Waals surface area contributed by atoms with E-state index in [1.54, 1.807) is 12.1 Å². The summed E-state index contributed by atoms with van der Waals surface area (Å²) in [5.74, 6) is -0.306. The van der Waals surface area contributed by atoms with E-state index >= 15 is 0 Å². The van der Waals surface area contributed by atoms with Crippen molar-refractivity contribution >= 4 is 70.7 Å². The van der Waals surface area contributed by atoms with E-state index in [2.05, 4.69) is 47.8 Å². The molecule has 90 valence electrons. The SMILES string of the molecule is Fc1cccc(Cl)c1C(Br)c1cc(Br)c(Br)s1. The van der Waals surface area contributed by atoms with Crippen LogP contribution in [0, 0.1) is 5.82 Å². The van der Waals surface area contributed by atoms with Crippen molar-refractivity contribution in [2.24, 2.45) is 0 Å². The summed E-state index contributed by atoms with van der Waals surface area (Å²) in [5.41, 5.74) is 0.468. The molecule has 1 unspecified atom stereocenters. The third kappa shape index (κ3) is 2.95. The number of rotatable bonds is 2. The van der Waals surface area contributed by atoms with Crippen LogP contribution in [0.15, 0.2) is 32.5 Å². The molecule has 2 rings (SSSR count). The molecular formula is C11H5Br3ClFS. The molecule has 1 aromatic carbocycles. The van der Waals surface area contributed by atoms with E-state index in [4.69, 9.17) is 11.6 Å². The molecule has 1 atom stereocenters. The minimum absolute atomic E-state index is 0.246. The molecular weight excluding hydrogens is 458 g/mol. The van der Waals surface area contributed by atoms with Crippen LogP contribution in [-0.4, -0.2) is 0 Å². The lowest BCUT2D eigenvalue weighted by Gasteiger charge is -2.11. The smallest absolute Gasteiger partial charge is 0.129 e. The van der Waals surface area contributed by atoms with Gasteiger partial charge in [0.05, 0.1) is 8.61 Å². The molecule has 0 fully saturated rings. The van der Waals surface area contributed by atoms with Gasteiger partial charge in [0.1, 0.15) is 5.82 Å². The molecule has 0 saturated heterocycles. The summed E-state index contributed by atoms with van der Waals surface area (Å²) in [4.78, 5) is 0.736. The highest BCUT2D eigenvalue weighted by Crippen LogP contribution is 2.43. The van der Waals surface area contributed by atoms with Crippen molar-refractivity contribution in [3.8, 4) is 0 Å². The van der Waals surface area contributed by atoms with Gasteiger partial charge in [-0.2, -0.15) is 0 Å². The van der Waals surface area contributed by atoms with Gasteiger partial charge in [-0.25, -0.2) is 4.39 Å². The van der Waals surface area contributed by atoms with Gasteiger partial charge in [0, 0.05) is 19.9 Å². The first kappa shape index (κ1) is 14.0. The maximum atomic E-state index is 13.8. The Bertz CT molecular complexity index is 516. The molecule has 0 bridgehead atoms. The van der Waals surface area contributed by atoms with Crippen LogP contribution in [0.3, 0.4) is 0 Å². The van der Waals surface area contributed by atoms with Gasteiger partial charge in [0.15, 0.2) is 0 Å². The van der Waals surface area contributed by atoms with Crippen molar-refractivity contribution < 1.29 is 4.39 Å². The predicted octanol–water partition coefficient (Wildman–Crippen LogP) is 6.55. The highest BCUT2D eigenvalue weighted by Gasteiger charge is 2.20. The first-order chi connectivity index (χ1) is 8.00. The summed E-state index contributed by atoms with van der Waals surface area (Å²) >= 11 is 17.9. The molecule has 0 aliphatic rings. The molecule has 0 radical (unpaired) electrons. The molecule has 0 spiro atoms. The second-order valence-corrected chi connectivity index (χ2v) is 7.85. The van der Waals surface area contributed by atoms with Crippen molar-refractivity contribution in [2.75, 3.05) is 0 Å². The number of hydrogen-bond donors (Lipinski definition) is 0. The predicted molar refractivity (Wildman–Crippen MR) is 81.9 cm³/mol. The number of hydrogen-bond acceptors (Lipinski definition) is 1. The standard InChI is InChI=1S/C11H5Br3ClFS/c12-5-4-8(17-11(5)14)10(13)9-6(15)2-1-3-7(9)16/h1-4,10H. The van der Waals surface area contributed by atoms with E-state index in [0.29, 0.717) is 10.6 Å². The van der Waals surface area contributed by atoms with Crippen molar-refractivity contribution in [1.82, 2.24) is 0 Å². The third-order valence-corrected chi connectivity index (χ3v) is 7.07. The number of halogens is 5. The molecule has 0 aliphatic carbocycles. The van der Waals surface area contributed by atoms with Gasteiger partial charge >= 0.3 is 0 Å². The number of benzene rings is 1. The zero-order valence-corrected chi connectivity index (χ0v) is 14.5. The van der Waals surface area contributed by atoms with E-state index in [1.165, 1.54) is 17.4 Å². The van der Waals surface area contributed by atoms with Gasteiger partial charge in [-0.05, 0) is 50.1 Å². The van der Waals surface area contributed by atoms with Gasteiger partial charge in [0.25, 0.3) is 0 Å². The van der Waals surface area contributed by atoms with Crippen LogP contribution >= 0.6 is 70.7 Å². The van der Waals surface area contributed by atoms with Crippen LogP contribution in [0.4, 0.5) is 4.39 Å². The highest BCUT2D eigenvalue weighted by atomic mass is 79.9. The summed E-state index contributed by atoms with van der Waals surface area (Å²) in [7, 11) is 0. The summed E-state index contributed by atoms with van der Waals surface area (Å²) in [6.07, 6.45) is 0. The highest BCUT2D eigenvalue weighted by molar-refractivity contribution is 9.13. The van der Waals surface area contributed by atoms with Crippen LogP contribution < -0.4 is 0 Å². The third-order valence-electron chi connectivity index (χ3n) is 2.17. The summed E-state index contributed by atoms with van der Waals surface area (Å²) in [6.45, 7) is 0. The largest absolute Gasteiger partial charge is 0.207 e. The fourth-order valence-electron chi connectivity index (χ4n) is 1.38. The quantitative estimate of drug-likeness (QED) is 0.443. The van der Waals surface area contributed by atoms with E-state index in [0.717, 1.165) is 13.1 Å². The van der Waals surface area contributed by atoms with E-state index in [1.807, 2.05) is 6.07 Å².